The number of nitro groups is 1. The van der Waals surface area contributed by atoms with Gasteiger partial charge in [0.1, 0.15) is 0 Å². The Hall–Kier alpha value is -1.17. The van der Waals surface area contributed by atoms with Crippen LogP contribution in [0, 0.1) is 10.1 Å². The molecular formula is C15H22ClNO4. The SMILES string of the molecule is CCCCOC(OCCCC)c1ccc(Cl)cc1[N+](=O)[O-]. The van der Waals surface area contributed by atoms with Gasteiger partial charge in [0.2, 0.25) is 0 Å². The molecule has 21 heavy (non-hydrogen) atoms. The first kappa shape index (κ1) is 17.9. The normalized spacial score (nSPS) is 11.0. The lowest BCUT2D eigenvalue weighted by Gasteiger charge is -2.19. The zero-order valence-electron chi connectivity index (χ0n) is 12.5. The summed E-state index contributed by atoms with van der Waals surface area (Å²) in [7, 11) is 0. The van der Waals surface area contributed by atoms with Crippen LogP contribution in [0.2, 0.25) is 5.02 Å². The van der Waals surface area contributed by atoms with Crippen molar-refractivity contribution in [3.05, 3.63) is 38.9 Å². The Labute approximate surface area is 130 Å². The second kappa shape index (κ2) is 9.71. The molecule has 0 spiro atoms. The van der Waals surface area contributed by atoms with E-state index in [2.05, 4.69) is 13.8 Å². The van der Waals surface area contributed by atoms with Gasteiger partial charge in [-0.05, 0) is 25.0 Å². The van der Waals surface area contributed by atoms with Gasteiger partial charge < -0.3 is 9.47 Å². The van der Waals surface area contributed by atoms with Crippen LogP contribution >= 0.6 is 11.6 Å². The summed E-state index contributed by atoms with van der Waals surface area (Å²) in [6, 6.07) is 4.54. The molecule has 0 radical (unpaired) electrons. The van der Waals surface area contributed by atoms with Crippen molar-refractivity contribution in [2.24, 2.45) is 0 Å². The molecule has 0 N–H and O–H groups in total. The van der Waals surface area contributed by atoms with Gasteiger partial charge in [0, 0.05) is 11.1 Å². The van der Waals surface area contributed by atoms with Crippen LogP contribution in [0.1, 0.15) is 51.4 Å². The molecule has 118 valence electrons. The van der Waals surface area contributed by atoms with Crippen molar-refractivity contribution in [1.82, 2.24) is 0 Å². The summed E-state index contributed by atoms with van der Waals surface area (Å²) >= 11 is 5.83. The Bertz CT molecular complexity index is 443. The molecule has 0 heterocycles. The molecule has 0 fully saturated rings. The van der Waals surface area contributed by atoms with Crippen LogP contribution in [0.4, 0.5) is 5.69 Å². The molecule has 6 heteroatoms. The molecule has 0 unspecified atom stereocenters. The summed E-state index contributed by atoms with van der Waals surface area (Å²) in [4.78, 5) is 10.7. The van der Waals surface area contributed by atoms with Crippen molar-refractivity contribution in [2.75, 3.05) is 13.2 Å². The quantitative estimate of drug-likeness (QED) is 0.267. The molecule has 1 aromatic rings. The average Bonchev–Trinajstić information content (AvgIpc) is 2.46. The second-order valence-electron chi connectivity index (χ2n) is 4.74. The number of nitrogens with zero attached hydrogens (tertiary/aromatic N) is 1. The minimum absolute atomic E-state index is 0.0690. The van der Waals surface area contributed by atoms with Crippen molar-refractivity contribution in [3.8, 4) is 0 Å². The highest BCUT2D eigenvalue weighted by Gasteiger charge is 2.23. The van der Waals surface area contributed by atoms with Crippen molar-refractivity contribution in [2.45, 2.75) is 45.8 Å². The van der Waals surface area contributed by atoms with Gasteiger partial charge in [0.15, 0.2) is 6.29 Å². The maximum atomic E-state index is 11.2. The van der Waals surface area contributed by atoms with E-state index in [9.17, 15) is 10.1 Å². The Kier molecular flexibility index (Phi) is 8.27. The number of unbranched alkanes of at least 4 members (excludes halogenated alkanes) is 2. The second-order valence-corrected chi connectivity index (χ2v) is 5.18. The lowest BCUT2D eigenvalue weighted by molar-refractivity contribution is -0.387. The minimum atomic E-state index is -0.722. The largest absolute Gasteiger partial charge is 0.348 e. The number of nitro benzene ring substituents is 1. The van der Waals surface area contributed by atoms with Crippen LogP contribution in [0.15, 0.2) is 18.2 Å². The van der Waals surface area contributed by atoms with Gasteiger partial charge in [0.25, 0.3) is 5.69 Å². The monoisotopic (exact) mass is 315 g/mol. The van der Waals surface area contributed by atoms with E-state index in [1.54, 1.807) is 12.1 Å². The van der Waals surface area contributed by atoms with Crippen LogP contribution in [-0.2, 0) is 9.47 Å². The lowest BCUT2D eigenvalue weighted by atomic mass is 10.1. The Balaban J connectivity index is 2.91. The molecule has 0 bridgehead atoms. The molecule has 0 saturated heterocycles. The predicted octanol–water partition coefficient (Wildman–Crippen LogP) is 4.88. The van der Waals surface area contributed by atoms with Crippen molar-refractivity contribution < 1.29 is 14.4 Å². The van der Waals surface area contributed by atoms with Gasteiger partial charge in [0.05, 0.1) is 23.7 Å². The third-order valence-electron chi connectivity index (χ3n) is 2.98. The molecule has 0 amide bonds. The third-order valence-corrected chi connectivity index (χ3v) is 3.21. The fraction of sp³-hybridized carbons (Fsp3) is 0.600. The van der Waals surface area contributed by atoms with E-state index >= 15 is 0 Å². The van der Waals surface area contributed by atoms with Crippen molar-refractivity contribution in [3.63, 3.8) is 0 Å². The Morgan fingerprint density at radius 3 is 2.24 bits per heavy atom. The molecule has 0 aromatic heterocycles. The van der Waals surface area contributed by atoms with E-state index in [0.717, 1.165) is 25.7 Å². The highest BCUT2D eigenvalue weighted by molar-refractivity contribution is 6.30. The standard InChI is InChI=1S/C15H22ClNO4/c1-3-5-9-20-15(21-10-6-4-2)13-8-7-12(16)11-14(13)17(18)19/h7-8,11,15H,3-6,9-10H2,1-2H3. The smallest absolute Gasteiger partial charge is 0.279 e. The van der Waals surface area contributed by atoms with Crippen LogP contribution < -0.4 is 0 Å². The number of halogens is 1. The van der Waals surface area contributed by atoms with Gasteiger partial charge >= 0.3 is 0 Å². The third kappa shape index (κ3) is 5.99. The van der Waals surface area contributed by atoms with E-state index in [1.165, 1.54) is 6.07 Å². The zero-order valence-corrected chi connectivity index (χ0v) is 13.3. The van der Waals surface area contributed by atoms with Crippen LogP contribution in [0.25, 0.3) is 0 Å². The Morgan fingerprint density at radius 2 is 1.76 bits per heavy atom. The number of hydrogen-bond acceptors (Lipinski definition) is 4. The summed E-state index contributed by atoms with van der Waals surface area (Å²) in [6.07, 6.45) is 3.03. The minimum Gasteiger partial charge on any atom is -0.348 e. The number of ether oxygens (including phenoxy) is 2. The van der Waals surface area contributed by atoms with Crippen molar-refractivity contribution >= 4 is 17.3 Å². The molecule has 0 aliphatic heterocycles. The maximum Gasteiger partial charge on any atom is 0.279 e. The number of hydrogen-bond donors (Lipinski definition) is 0. The first-order chi connectivity index (χ1) is 10.1. The van der Waals surface area contributed by atoms with E-state index in [1.807, 2.05) is 0 Å². The van der Waals surface area contributed by atoms with Gasteiger partial charge in [-0.3, -0.25) is 10.1 Å². The Morgan fingerprint density at radius 1 is 1.19 bits per heavy atom. The zero-order chi connectivity index (χ0) is 15.7. The predicted molar refractivity (Wildman–Crippen MR) is 82.6 cm³/mol. The molecule has 5 nitrogen and oxygen atoms in total. The molecule has 0 aliphatic rings. The number of benzene rings is 1. The average molecular weight is 316 g/mol. The summed E-state index contributed by atoms with van der Waals surface area (Å²) in [5, 5.41) is 11.5. The fourth-order valence-electron chi connectivity index (χ4n) is 1.77. The lowest BCUT2D eigenvalue weighted by Crippen LogP contribution is -2.13. The van der Waals surface area contributed by atoms with Gasteiger partial charge in [-0.15, -0.1) is 0 Å². The van der Waals surface area contributed by atoms with Crippen molar-refractivity contribution in [1.29, 1.82) is 0 Å². The molecule has 1 rings (SSSR count). The van der Waals surface area contributed by atoms with Gasteiger partial charge in [-0.1, -0.05) is 38.3 Å². The van der Waals surface area contributed by atoms with Crippen LogP contribution in [-0.4, -0.2) is 18.1 Å². The molecule has 0 saturated carbocycles. The van der Waals surface area contributed by atoms with E-state index in [4.69, 9.17) is 21.1 Å². The number of rotatable bonds is 10. The molecular weight excluding hydrogens is 294 g/mol. The highest BCUT2D eigenvalue weighted by atomic mass is 35.5. The van der Waals surface area contributed by atoms with Gasteiger partial charge in [-0.2, -0.15) is 0 Å². The summed E-state index contributed by atoms with van der Waals surface area (Å²) < 4.78 is 11.4. The topological polar surface area (TPSA) is 61.6 Å². The molecule has 1 aromatic carbocycles. The summed E-state index contributed by atoms with van der Waals surface area (Å²) in [5.74, 6) is 0. The molecule has 0 aliphatic carbocycles. The molecule has 0 atom stereocenters. The fourth-order valence-corrected chi connectivity index (χ4v) is 1.94. The maximum absolute atomic E-state index is 11.2. The van der Waals surface area contributed by atoms with E-state index < -0.39 is 11.2 Å². The van der Waals surface area contributed by atoms with E-state index in [-0.39, 0.29) is 5.69 Å². The van der Waals surface area contributed by atoms with E-state index in [0.29, 0.717) is 23.8 Å². The summed E-state index contributed by atoms with van der Waals surface area (Å²) in [5.41, 5.74) is 0.345. The summed E-state index contributed by atoms with van der Waals surface area (Å²) in [6.45, 7) is 5.13. The first-order valence-corrected chi connectivity index (χ1v) is 7.65. The van der Waals surface area contributed by atoms with Crippen LogP contribution in [0.5, 0.6) is 0 Å². The van der Waals surface area contributed by atoms with Gasteiger partial charge in [-0.25, -0.2) is 0 Å². The highest BCUT2D eigenvalue weighted by Crippen LogP contribution is 2.31. The van der Waals surface area contributed by atoms with Crippen LogP contribution in [0.3, 0.4) is 0 Å². The first-order valence-electron chi connectivity index (χ1n) is 7.27.